The van der Waals surface area contributed by atoms with E-state index in [2.05, 4.69) is 15.6 Å². The van der Waals surface area contributed by atoms with Crippen LogP contribution in [0.3, 0.4) is 0 Å². The topological polar surface area (TPSA) is 54.0 Å². The molecule has 1 aromatic heterocycles. The second kappa shape index (κ2) is 9.06. The van der Waals surface area contributed by atoms with Crippen molar-refractivity contribution in [2.75, 3.05) is 17.2 Å². The number of carbonyl (C=O) groups is 1. The molecule has 0 aliphatic rings. The zero-order valence-electron chi connectivity index (χ0n) is 16.2. The van der Waals surface area contributed by atoms with Crippen LogP contribution in [0.2, 0.25) is 5.02 Å². The molecule has 0 aliphatic carbocycles. The molecule has 0 fully saturated rings. The molecule has 3 aromatic rings. The Bertz CT molecular complexity index is 1050. The highest BCUT2D eigenvalue weighted by atomic mass is 35.5. The SMILES string of the molecule is Cc1cccc(C)c1NCC(=O)Nc1ncc(Cc2cc(C(F)(F)F)ccc2Cl)s1. The van der Waals surface area contributed by atoms with Crippen molar-refractivity contribution in [3.8, 4) is 0 Å². The Morgan fingerprint density at radius 2 is 1.87 bits per heavy atom. The Morgan fingerprint density at radius 3 is 2.53 bits per heavy atom. The van der Waals surface area contributed by atoms with Gasteiger partial charge >= 0.3 is 6.18 Å². The molecule has 4 nitrogen and oxygen atoms in total. The smallest absolute Gasteiger partial charge is 0.376 e. The first-order valence-electron chi connectivity index (χ1n) is 9.04. The van der Waals surface area contributed by atoms with Crippen LogP contribution in [-0.2, 0) is 17.4 Å². The maximum Gasteiger partial charge on any atom is 0.416 e. The zero-order valence-corrected chi connectivity index (χ0v) is 17.8. The molecule has 0 radical (unpaired) electrons. The van der Waals surface area contributed by atoms with Crippen molar-refractivity contribution in [1.82, 2.24) is 4.98 Å². The van der Waals surface area contributed by atoms with Gasteiger partial charge in [-0.05, 0) is 48.7 Å². The van der Waals surface area contributed by atoms with Crippen molar-refractivity contribution in [3.05, 3.63) is 74.7 Å². The lowest BCUT2D eigenvalue weighted by Crippen LogP contribution is -2.22. The van der Waals surface area contributed by atoms with Gasteiger partial charge < -0.3 is 10.6 Å². The molecule has 2 N–H and O–H groups in total. The summed E-state index contributed by atoms with van der Waals surface area (Å²) in [5.41, 5.74) is 2.59. The Kier molecular flexibility index (Phi) is 6.67. The van der Waals surface area contributed by atoms with Gasteiger partial charge in [0.15, 0.2) is 5.13 Å². The molecule has 0 bridgehead atoms. The molecule has 0 spiro atoms. The minimum absolute atomic E-state index is 0.0695. The number of nitrogens with one attached hydrogen (secondary N) is 2. The number of benzene rings is 2. The molecule has 1 heterocycles. The summed E-state index contributed by atoms with van der Waals surface area (Å²) < 4.78 is 38.8. The molecule has 0 unspecified atom stereocenters. The fourth-order valence-electron chi connectivity index (χ4n) is 2.95. The normalized spacial score (nSPS) is 11.4. The van der Waals surface area contributed by atoms with Gasteiger partial charge in [0.1, 0.15) is 0 Å². The Labute approximate surface area is 181 Å². The lowest BCUT2D eigenvalue weighted by atomic mass is 10.1. The van der Waals surface area contributed by atoms with E-state index in [0.29, 0.717) is 15.6 Å². The minimum atomic E-state index is -4.44. The van der Waals surface area contributed by atoms with Crippen molar-refractivity contribution in [2.45, 2.75) is 26.4 Å². The van der Waals surface area contributed by atoms with Gasteiger partial charge in [0, 0.05) is 28.2 Å². The van der Waals surface area contributed by atoms with Gasteiger partial charge in [-0.25, -0.2) is 4.98 Å². The molecule has 0 atom stereocenters. The van der Waals surface area contributed by atoms with E-state index in [9.17, 15) is 18.0 Å². The molecule has 9 heteroatoms. The van der Waals surface area contributed by atoms with Gasteiger partial charge in [-0.15, -0.1) is 11.3 Å². The number of carbonyl (C=O) groups excluding carboxylic acids is 1. The van der Waals surface area contributed by atoms with Crippen LogP contribution in [0.15, 0.2) is 42.6 Å². The molecule has 2 aromatic carbocycles. The first kappa shape index (κ1) is 22.1. The number of thiazole rings is 1. The largest absolute Gasteiger partial charge is 0.416 e. The van der Waals surface area contributed by atoms with Crippen LogP contribution < -0.4 is 10.6 Å². The maximum absolute atomic E-state index is 12.9. The summed E-state index contributed by atoms with van der Waals surface area (Å²) in [5.74, 6) is -0.268. The quantitative estimate of drug-likeness (QED) is 0.476. The molecule has 30 heavy (non-hydrogen) atoms. The van der Waals surface area contributed by atoms with Crippen LogP contribution in [0.5, 0.6) is 0 Å². The van der Waals surface area contributed by atoms with Crippen molar-refractivity contribution in [2.24, 2.45) is 0 Å². The second-order valence-corrected chi connectivity index (χ2v) is 8.30. The molecular weight excluding hydrogens is 435 g/mol. The van der Waals surface area contributed by atoms with Crippen molar-refractivity contribution < 1.29 is 18.0 Å². The van der Waals surface area contributed by atoms with Gasteiger partial charge in [0.05, 0.1) is 12.1 Å². The number of aromatic nitrogens is 1. The number of hydrogen-bond donors (Lipinski definition) is 2. The summed E-state index contributed by atoms with van der Waals surface area (Å²) in [6.07, 6.45) is -2.72. The summed E-state index contributed by atoms with van der Waals surface area (Å²) in [4.78, 5) is 17.1. The first-order valence-corrected chi connectivity index (χ1v) is 10.2. The Balaban J connectivity index is 1.62. The van der Waals surface area contributed by atoms with E-state index in [1.54, 1.807) is 0 Å². The third kappa shape index (κ3) is 5.52. The molecule has 0 aliphatic heterocycles. The van der Waals surface area contributed by atoms with Gasteiger partial charge in [-0.1, -0.05) is 29.8 Å². The summed E-state index contributed by atoms with van der Waals surface area (Å²) in [7, 11) is 0. The monoisotopic (exact) mass is 453 g/mol. The minimum Gasteiger partial charge on any atom is -0.376 e. The van der Waals surface area contributed by atoms with Crippen molar-refractivity contribution in [1.29, 1.82) is 0 Å². The van der Waals surface area contributed by atoms with Crippen LogP contribution >= 0.6 is 22.9 Å². The lowest BCUT2D eigenvalue weighted by molar-refractivity contribution is -0.137. The number of nitrogens with zero attached hydrogens (tertiary/aromatic N) is 1. The van der Waals surface area contributed by atoms with E-state index in [-0.39, 0.29) is 23.9 Å². The highest BCUT2D eigenvalue weighted by Gasteiger charge is 2.30. The summed E-state index contributed by atoms with van der Waals surface area (Å²) in [6, 6.07) is 9.09. The highest BCUT2D eigenvalue weighted by Crippen LogP contribution is 2.33. The van der Waals surface area contributed by atoms with E-state index in [4.69, 9.17) is 11.6 Å². The molecule has 3 rings (SSSR count). The van der Waals surface area contributed by atoms with Gasteiger partial charge in [0.25, 0.3) is 0 Å². The zero-order chi connectivity index (χ0) is 21.9. The van der Waals surface area contributed by atoms with E-state index < -0.39 is 11.7 Å². The van der Waals surface area contributed by atoms with Crippen LogP contribution in [0.4, 0.5) is 24.0 Å². The maximum atomic E-state index is 12.9. The second-order valence-electron chi connectivity index (χ2n) is 6.78. The number of halogens is 4. The predicted octanol–water partition coefficient (Wildman–Crippen LogP) is 6.07. The van der Waals surface area contributed by atoms with Gasteiger partial charge in [-0.3, -0.25) is 4.79 Å². The fraction of sp³-hybridized carbons (Fsp3) is 0.238. The summed E-state index contributed by atoms with van der Waals surface area (Å²) in [5, 5.41) is 6.44. The molecule has 0 saturated carbocycles. The average molecular weight is 454 g/mol. The predicted molar refractivity (Wildman–Crippen MR) is 114 cm³/mol. The third-order valence-corrected chi connectivity index (χ3v) is 5.73. The summed E-state index contributed by atoms with van der Waals surface area (Å²) in [6.45, 7) is 3.98. The number of amides is 1. The van der Waals surface area contributed by atoms with E-state index in [0.717, 1.165) is 28.9 Å². The van der Waals surface area contributed by atoms with E-state index in [1.807, 2.05) is 32.0 Å². The van der Waals surface area contributed by atoms with Crippen molar-refractivity contribution in [3.63, 3.8) is 0 Å². The number of hydrogen-bond acceptors (Lipinski definition) is 4. The Morgan fingerprint density at radius 1 is 1.17 bits per heavy atom. The molecule has 1 amide bonds. The third-order valence-electron chi connectivity index (χ3n) is 4.44. The van der Waals surface area contributed by atoms with Gasteiger partial charge in [0.2, 0.25) is 5.91 Å². The van der Waals surface area contributed by atoms with Crippen molar-refractivity contribution >= 4 is 39.7 Å². The lowest BCUT2D eigenvalue weighted by Gasteiger charge is -2.11. The van der Waals surface area contributed by atoms with E-state index >= 15 is 0 Å². The molecule has 158 valence electrons. The van der Waals surface area contributed by atoms with Crippen LogP contribution in [-0.4, -0.2) is 17.4 Å². The highest BCUT2D eigenvalue weighted by molar-refractivity contribution is 7.15. The average Bonchev–Trinajstić information content (AvgIpc) is 3.09. The number of aryl methyl sites for hydroxylation is 2. The molecular formula is C21H19ClF3N3OS. The summed E-state index contributed by atoms with van der Waals surface area (Å²) >= 11 is 7.25. The number of anilines is 2. The Hall–Kier alpha value is -2.58. The fourth-order valence-corrected chi connectivity index (χ4v) is 3.98. The van der Waals surface area contributed by atoms with E-state index in [1.165, 1.54) is 23.6 Å². The van der Waals surface area contributed by atoms with Gasteiger partial charge in [-0.2, -0.15) is 13.2 Å². The standard InChI is InChI=1S/C21H19ClF3N3OS/c1-12-4-3-5-13(2)19(12)26-11-18(29)28-20-27-10-16(30-20)9-14-8-15(21(23,24)25)6-7-17(14)22/h3-8,10,26H,9,11H2,1-2H3,(H,27,28,29). The number of rotatable bonds is 6. The first-order chi connectivity index (χ1) is 14.1. The number of alkyl halides is 3. The number of para-hydroxylation sites is 1. The molecule has 0 saturated heterocycles. The van der Waals surface area contributed by atoms with Crippen LogP contribution in [0, 0.1) is 13.8 Å². The van der Waals surface area contributed by atoms with Crippen LogP contribution in [0.25, 0.3) is 0 Å². The van der Waals surface area contributed by atoms with Crippen LogP contribution in [0.1, 0.15) is 27.1 Å².